The topological polar surface area (TPSA) is 56.0 Å². The molecule has 0 amide bonds. The predicted molar refractivity (Wildman–Crippen MR) is 60.9 cm³/mol. The Balaban J connectivity index is 2.05. The maximum Gasteiger partial charge on any atom is 0.185 e. The van der Waals surface area contributed by atoms with Gasteiger partial charge in [-0.25, -0.2) is 4.98 Å². The van der Waals surface area contributed by atoms with Crippen LogP contribution in [0.1, 0.15) is 47.6 Å². The van der Waals surface area contributed by atoms with Crippen LogP contribution in [0.5, 0.6) is 0 Å². The number of carbonyl (C=O) groups is 1. The summed E-state index contributed by atoms with van der Waals surface area (Å²) < 4.78 is 0. The number of Topliss-reactive ketones (excluding diaryl/α,β-unsaturated/α-hetero) is 1. The second-order valence-electron chi connectivity index (χ2n) is 4.03. The normalized spacial score (nSPS) is 17.9. The van der Waals surface area contributed by atoms with Gasteiger partial charge in [-0.1, -0.05) is 19.3 Å². The Morgan fingerprint density at radius 1 is 1.47 bits per heavy atom. The van der Waals surface area contributed by atoms with Crippen LogP contribution in [-0.2, 0) is 6.54 Å². The Kier molecular flexibility index (Phi) is 3.49. The molecule has 1 saturated carbocycles. The zero-order valence-electron chi connectivity index (χ0n) is 8.74. The number of nitrogens with two attached hydrogens (primary N) is 1. The molecule has 4 heteroatoms. The first-order valence-electron chi connectivity index (χ1n) is 5.50. The third-order valence-corrected chi connectivity index (χ3v) is 3.83. The summed E-state index contributed by atoms with van der Waals surface area (Å²) >= 11 is 1.48. The van der Waals surface area contributed by atoms with Gasteiger partial charge in [-0.15, -0.1) is 11.3 Å². The van der Waals surface area contributed by atoms with E-state index in [1.54, 1.807) is 0 Å². The van der Waals surface area contributed by atoms with E-state index >= 15 is 0 Å². The molecule has 0 spiro atoms. The van der Waals surface area contributed by atoms with E-state index in [1.165, 1.54) is 30.6 Å². The van der Waals surface area contributed by atoms with Crippen molar-refractivity contribution in [2.75, 3.05) is 0 Å². The molecule has 82 valence electrons. The van der Waals surface area contributed by atoms with Crippen LogP contribution < -0.4 is 5.73 Å². The Bertz CT molecular complexity index is 342. The van der Waals surface area contributed by atoms with Crippen molar-refractivity contribution in [3.63, 3.8) is 0 Å². The maximum absolute atomic E-state index is 12.0. The fourth-order valence-corrected chi connectivity index (χ4v) is 2.76. The predicted octanol–water partition coefficient (Wildman–Crippen LogP) is 2.36. The highest BCUT2D eigenvalue weighted by atomic mass is 32.1. The van der Waals surface area contributed by atoms with Gasteiger partial charge in [0.2, 0.25) is 0 Å². The Labute approximate surface area is 93.7 Å². The lowest BCUT2D eigenvalue weighted by Gasteiger charge is -2.19. The quantitative estimate of drug-likeness (QED) is 0.802. The molecule has 1 aliphatic rings. The average molecular weight is 224 g/mol. The van der Waals surface area contributed by atoms with Crippen LogP contribution in [0.2, 0.25) is 0 Å². The lowest BCUT2D eigenvalue weighted by Crippen LogP contribution is -2.18. The van der Waals surface area contributed by atoms with Gasteiger partial charge in [-0.3, -0.25) is 4.79 Å². The molecule has 0 unspecified atom stereocenters. The molecule has 0 aromatic carbocycles. The molecule has 3 nitrogen and oxygen atoms in total. The largest absolute Gasteiger partial charge is 0.325 e. The van der Waals surface area contributed by atoms with Crippen LogP contribution in [-0.4, -0.2) is 10.8 Å². The molecule has 1 heterocycles. The van der Waals surface area contributed by atoms with Crippen LogP contribution in [0.3, 0.4) is 0 Å². The summed E-state index contributed by atoms with van der Waals surface area (Å²) in [6.07, 6.45) is 5.71. The van der Waals surface area contributed by atoms with Crippen molar-refractivity contribution in [3.8, 4) is 0 Å². The van der Waals surface area contributed by atoms with E-state index in [0.29, 0.717) is 12.2 Å². The van der Waals surface area contributed by atoms with Gasteiger partial charge in [0, 0.05) is 17.8 Å². The summed E-state index contributed by atoms with van der Waals surface area (Å²) in [6, 6.07) is 0. The standard InChI is InChI=1S/C11H16N2OS/c12-6-10-13-9(7-15-10)11(14)8-4-2-1-3-5-8/h7-8H,1-6,12H2. The van der Waals surface area contributed by atoms with Gasteiger partial charge in [0.1, 0.15) is 10.7 Å². The van der Waals surface area contributed by atoms with Crippen molar-refractivity contribution in [2.24, 2.45) is 11.7 Å². The van der Waals surface area contributed by atoms with Crippen LogP contribution in [0, 0.1) is 5.92 Å². The van der Waals surface area contributed by atoms with E-state index < -0.39 is 0 Å². The molecule has 1 aliphatic carbocycles. The summed E-state index contributed by atoms with van der Waals surface area (Å²) in [5, 5.41) is 2.70. The number of ketones is 1. The van der Waals surface area contributed by atoms with Crippen LogP contribution in [0.4, 0.5) is 0 Å². The zero-order valence-corrected chi connectivity index (χ0v) is 9.55. The van der Waals surface area contributed by atoms with Crippen molar-refractivity contribution in [1.82, 2.24) is 4.98 Å². The van der Waals surface area contributed by atoms with E-state index in [2.05, 4.69) is 4.98 Å². The smallest absolute Gasteiger partial charge is 0.185 e. The fraction of sp³-hybridized carbons (Fsp3) is 0.636. The number of hydrogen-bond donors (Lipinski definition) is 1. The van der Waals surface area contributed by atoms with Crippen LogP contribution >= 0.6 is 11.3 Å². The van der Waals surface area contributed by atoms with E-state index in [9.17, 15) is 4.79 Å². The zero-order chi connectivity index (χ0) is 10.7. The number of nitrogens with zero attached hydrogens (tertiary/aromatic N) is 1. The summed E-state index contributed by atoms with van der Waals surface area (Å²) in [7, 11) is 0. The minimum Gasteiger partial charge on any atom is -0.325 e. The number of thiazole rings is 1. The van der Waals surface area contributed by atoms with Crippen LogP contribution in [0.15, 0.2) is 5.38 Å². The Morgan fingerprint density at radius 3 is 2.80 bits per heavy atom. The van der Waals surface area contributed by atoms with Gasteiger partial charge in [0.05, 0.1) is 0 Å². The maximum atomic E-state index is 12.0. The van der Waals surface area contributed by atoms with Crippen molar-refractivity contribution < 1.29 is 4.79 Å². The molecule has 15 heavy (non-hydrogen) atoms. The Morgan fingerprint density at radius 2 is 2.20 bits per heavy atom. The summed E-state index contributed by atoms with van der Waals surface area (Å²) in [6.45, 7) is 0.433. The lowest BCUT2D eigenvalue weighted by molar-refractivity contribution is 0.0885. The van der Waals surface area contributed by atoms with E-state index in [0.717, 1.165) is 17.8 Å². The molecule has 1 aromatic heterocycles. The molecule has 0 radical (unpaired) electrons. The van der Waals surface area contributed by atoms with Gasteiger partial charge in [0.25, 0.3) is 0 Å². The molecular formula is C11H16N2OS. The highest BCUT2D eigenvalue weighted by Crippen LogP contribution is 2.27. The summed E-state index contributed by atoms with van der Waals surface area (Å²) in [5.41, 5.74) is 6.11. The number of hydrogen-bond acceptors (Lipinski definition) is 4. The molecule has 0 atom stereocenters. The van der Waals surface area contributed by atoms with Gasteiger partial charge in [-0.05, 0) is 12.8 Å². The monoisotopic (exact) mass is 224 g/mol. The van der Waals surface area contributed by atoms with Crippen molar-refractivity contribution in [2.45, 2.75) is 38.6 Å². The second-order valence-corrected chi connectivity index (χ2v) is 4.97. The lowest BCUT2D eigenvalue weighted by atomic mass is 9.85. The average Bonchev–Trinajstić information content (AvgIpc) is 2.78. The highest BCUT2D eigenvalue weighted by molar-refractivity contribution is 7.09. The van der Waals surface area contributed by atoms with Crippen molar-refractivity contribution in [1.29, 1.82) is 0 Å². The van der Waals surface area contributed by atoms with E-state index in [4.69, 9.17) is 5.73 Å². The Hall–Kier alpha value is -0.740. The molecule has 1 aromatic rings. The number of rotatable bonds is 3. The summed E-state index contributed by atoms with van der Waals surface area (Å²) in [5.74, 6) is 0.442. The van der Waals surface area contributed by atoms with Crippen molar-refractivity contribution >= 4 is 17.1 Å². The van der Waals surface area contributed by atoms with Gasteiger partial charge in [-0.2, -0.15) is 0 Å². The number of carbonyl (C=O) groups excluding carboxylic acids is 1. The molecule has 1 fully saturated rings. The van der Waals surface area contributed by atoms with Gasteiger partial charge < -0.3 is 5.73 Å². The molecule has 2 rings (SSSR count). The third-order valence-electron chi connectivity index (χ3n) is 2.95. The third kappa shape index (κ3) is 2.44. The van der Waals surface area contributed by atoms with Crippen molar-refractivity contribution in [3.05, 3.63) is 16.1 Å². The first-order valence-corrected chi connectivity index (χ1v) is 6.38. The van der Waals surface area contributed by atoms with Gasteiger partial charge >= 0.3 is 0 Å². The second kappa shape index (κ2) is 4.86. The van der Waals surface area contributed by atoms with Crippen LogP contribution in [0.25, 0.3) is 0 Å². The highest BCUT2D eigenvalue weighted by Gasteiger charge is 2.23. The van der Waals surface area contributed by atoms with E-state index in [1.807, 2.05) is 5.38 Å². The molecular weight excluding hydrogens is 208 g/mol. The number of aromatic nitrogens is 1. The summed E-state index contributed by atoms with van der Waals surface area (Å²) in [4.78, 5) is 16.3. The van der Waals surface area contributed by atoms with E-state index in [-0.39, 0.29) is 11.7 Å². The first-order chi connectivity index (χ1) is 7.31. The first kappa shape index (κ1) is 10.8. The molecule has 2 N–H and O–H groups in total. The minimum atomic E-state index is 0.214. The SMILES string of the molecule is NCc1nc(C(=O)C2CCCCC2)cs1. The molecule has 0 saturated heterocycles. The fourth-order valence-electron chi connectivity index (χ4n) is 2.09. The minimum absolute atomic E-state index is 0.214. The molecule has 0 aliphatic heterocycles. The van der Waals surface area contributed by atoms with Gasteiger partial charge in [0.15, 0.2) is 5.78 Å². The molecule has 0 bridgehead atoms.